The molecule has 0 N–H and O–H groups in total. The molecule has 0 spiro atoms. The monoisotopic (exact) mass is 346 g/mol. The van der Waals surface area contributed by atoms with Crippen molar-refractivity contribution < 1.29 is 13.2 Å². The van der Waals surface area contributed by atoms with Gasteiger partial charge in [-0.05, 0) is 49.2 Å². The van der Waals surface area contributed by atoms with Gasteiger partial charge in [0, 0.05) is 30.3 Å². The second kappa shape index (κ2) is 6.91. The molecule has 1 aliphatic rings. The molecule has 2 aromatic rings. The van der Waals surface area contributed by atoms with Gasteiger partial charge in [0.1, 0.15) is 5.75 Å². The van der Waals surface area contributed by atoms with Crippen molar-refractivity contribution in [3.63, 3.8) is 0 Å². The van der Waals surface area contributed by atoms with Crippen LogP contribution in [0.15, 0.2) is 42.5 Å². The molecule has 24 heavy (non-hydrogen) atoms. The maximum Gasteiger partial charge on any atom is 0.211 e. The normalized spacial score (nSPS) is 19.2. The Bertz CT molecular complexity index is 803. The van der Waals surface area contributed by atoms with Gasteiger partial charge in [0.05, 0.1) is 19.1 Å². The molecular weight excluding hydrogens is 324 g/mol. The summed E-state index contributed by atoms with van der Waals surface area (Å²) in [4.78, 5) is 4.78. The number of aromatic nitrogens is 1. The summed E-state index contributed by atoms with van der Waals surface area (Å²) in [5.74, 6) is 0.956. The zero-order valence-corrected chi connectivity index (χ0v) is 14.8. The van der Waals surface area contributed by atoms with Crippen molar-refractivity contribution in [3.05, 3.63) is 48.2 Å². The maximum absolute atomic E-state index is 11.8. The van der Waals surface area contributed by atoms with Crippen molar-refractivity contribution in [2.75, 3.05) is 26.5 Å². The standard InChI is InChI=1S/C18H22N2O3S/c1-23-16-10-8-14(9-11-16)17-6-3-7-18(19-17)15-5-4-12-20(13-15)24(2,21)22/h3,6-11,15H,4-5,12-13H2,1-2H3. The molecule has 1 unspecified atom stereocenters. The molecular formula is C18H22N2O3S. The molecule has 5 nitrogen and oxygen atoms in total. The van der Waals surface area contributed by atoms with Crippen molar-refractivity contribution in [1.29, 1.82) is 0 Å². The molecule has 1 aromatic carbocycles. The van der Waals surface area contributed by atoms with Gasteiger partial charge < -0.3 is 4.74 Å². The molecule has 0 amide bonds. The van der Waals surface area contributed by atoms with Crippen LogP contribution in [-0.4, -0.2) is 44.2 Å². The molecule has 0 aliphatic carbocycles. The minimum atomic E-state index is -3.15. The van der Waals surface area contributed by atoms with E-state index in [1.165, 1.54) is 6.26 Å². The Hall–Kier alpha value is -1.92. The predicted molar refractivity (Wildman–Crippen MR) is 94.6 cm³/mol. The number of ether oxygens (including phenoxy) is 1. The molecule has 1 saturated heterocycles. The van der Waals surface area contributed by atoms with Crippen LogP contribution in [-0.2, 0) is 10.0 Å². The topological polar surface area (TPSA) is 59.5 Å². The van der Waals surface area contributed by atoms with Gasteiger partial charge >= 0.3 is 0 Å². The van der Waals surface area contributed by atoms with E-state index in [1.807, 2.05) is 42.5 Å². The minimum absolute atomic E-state index is 0.145. The van der Waals surface area contributed by atoms with Gasteiger partial charge in [-0.2, -0.15) is 0 Å². The number of hydrogen-bond acceptors (Lipinski definition) is 4. The van der Waals surface area contributed by atoms with Crippen LogP contribution >= 0.6 is 0 Å². The fourth-order valence-corrected chi connectivity index (χ4v) is 4.00. The number of benzene rings is 1. The Balaban J connectivity index is 1.84. The summed E-state index contributed by atoms with van der Waals surface area (Å²) in [5, 5.41) is 0. The van der Waals surface area contributed by atoms with Gasteiger partial charge in [0.2, 0.25) is 10.0 Å². The Morgan fingerprint density at radius 1 is 1.17 bits per heavy atom. The first-order valence-electron chi connectivity index (χ1n) is 8.04. The van der Waals surface area contributed by atoms with Crippen LogP contribution < -0.4 is 4.74 Å². The summed E-state index contributed by atoms with van der Waals surface area (Å²) in [6, 6.07) is 13.7. The van der Waals surface area contributed by atoms with E-state index < -0.39 is 10.0 Å². The highest BCUT2D eigenvalue weighted by Gasteiger charge is 2.27. The van der Waals surface area contributed by atoms with Crippen LogP contribution in [0.1, 0.15) is 24.5 Å². The third-order valence-corrected chi connectivity index (χ3v) is 5.70. The zero-order valence-electron chi connectivity index (χ0n) is 14.0. The van der Waals surface area contributed by atoms with Crippen LogP contribution in [0.4, 0.5) is 0 Å². The fourth-order valence-electron chi connectivity index (χ4n) is 3.09. The Morgan fingerprint density at radius 2 is 1.92 bits per heavy atom. The average Bonchev–Trinajstić information content (AvgIpc) is 2.61. The molecule has 1 fully saturated rings. The Labute approximate surface area is 143 Å². The summed E-state index contributed by atoms with van der Waals surface area (Å²) < 4.78 is 30.4. The largest absolute Gasteiger partial charge is 0.497 e. The van der Waals surface area contributed by atoms with Gasteiger partial charge in [-0.25, -0.2) is 12.7 Å². The smallest absolute Gasteiger partial charge is 0.211 e. The van der Waals surface area contributed by atoms with Gasteiger partial charge in [0.15, 0.2) is 0 Å². The lowest BCUT2D eigenvalue weighted by Crippen LogP contribution is -2.38. The molecule has 0 bridgehead atoms. The number of nitrogens with zero attached hydrogens (tertiary/aromatic N) is 2. The second-order valence-corrected chi connectivity index (χ2v) is 8.12. The highest BCUT2D eigenvalue weighted by atomic mass is 32.2. The van der Waals surface area contributed by atoms with E-state index in [2.05, 4.69) is 0 Å². The van der Waals surface area contributed by atoms with E-state index in [4.69, 9.17) is 9.72 Å². The van der Waals surface area contributed by atoms with E-state index in [0.717, 1.165) is 35.5 Å². The summed E-state index contributed by atoms with van der Waals surface area (Å²) in [6.45, 7) is 1.12. The van der Waals surface area contributed by atoms with E-state index >= 15 is 0 Å². The van der Waals surface area contributed by atoms with Crippen LogP contribution in [0, 0.1) is 0 Å². The Kier molecular flexibility index (Phi) is 4.87. The van der Waals surface area contributed by atoms with Crippen molar-refractivity contribution in [1.82, 2.24) is 9.29 Å². The number of methoxy groups -OCH3 is 1. The zero-order chi connectivity index (χ0) is 17.2. The molecule has 6 heteroatoms. The molecule has 1 aromatic heterocycles. The number of sulfonamides is 1. The molecule has 128 valence electrons. The van der Waals surface area contributed by atoms with Gasteiger partial charge in [-0.3, -0.25) is 4.98 Å². The van der Waals surface area contributed by atoms with Crippen LogP contribution in [0.3, 0.4) is 0 Å². The van der Waals surface area contributed by atoms with Crippen molar-refractivity contribution in [2.45, 2.75) is 18.8 Å². The summed E-state index contributed by atoms with van der Waals surface area (Å²) >= 11 is 0. The van der Waals surface area contributed by atoms with Crippen molar-refractivity contribution in [3.8, 4) is 17.0 Å². The van der Waals surface area contributed by atoms with Crippen molar-refractivity contribution in [2.24, 2.45) is 0 Å². The summed E-state index contributed by atoms with van der Waals surface area (Å²) in [5.41, 5.74) is 2.87. The quantitative estimate of drug-likeness (QED) is 0.854. The SMILES string of the molecule is COc1ccc(-c2cccc(C3CCCN(S(C)(=O)=O)C3)n2)cc1. The third kappa shape index (κ3) is 3.76. The molecule has 1 aliphatic heterocycles. The number of rotatable bonds is 4. The lowest BCUT2D eigenvalue weighted by atomic mass is 9.95. The first-order valence-corrected chi connectivity index (χ1v) is 9.89. The molecule has 0 saturated carbocycles. The van der Waals surface area contributed by atoms with Crippen molar-refractivity contribution >= 4 is 10.0 Å². The van der Waals surface area contributed by atoms with Crippen LogP contribution in [0.2, 0.25) is 0 Å². The molecule has 3 rings (SSSR count). The molecule has 0 radical (unpaired) electrons. The first-order chi connectivity index (χ1) is 11.5. The van der Waals surface area contributed by atoms with E-state index in [1.54, 1.807) is 11.4 Å². The van der Waals surface area contributed by atoms with E-state index in [-0.39, 0.29) is 5.92 Å². The lowest BCUT2D eigenvalue weighted by molar-refractivity contribution is 0.314. The third-order valence-electron chi connectivity index (χ3n) is 4.43. The highest BCUT2D eigenvalue weighted by molar-refractivity contribution is 7.88. The summed E-state index contributed by atoms with van der Waals surface area (Å²) in [6.07, 6.45) is 3.11. The van der Waals surface area contributed by atoms with Gasteiger partial charge in [-0.1, -0.05) is 6.07 Å². The second-order valence-electron chi connectivity index (χ2n) is 6.14. The van der Waals surface area contributed by atoms with Gasteiger partial charge in [-0.15, -0.1) is 0 Å². The first kappa shape index (κ1) is 16.9. The number of piperidine rings is 1. The minimum Gasteiger partial charge on any atom is -0.497 e. The number of hydrogen-bond donors (Lipinski definition) is 0. The van der Waals surface area contributed by atoms with E-state index in [9.17, 15) is 8.42 Å². The maximum atomic E-state index is 11.8. The van der Waals surface area contributed by atoms with Gasteiger partial charge in [0.25, 0.3) is 0 Å². The number of pyridine rings is 1. The highest BCUT2D eigenvalue weighted by Crippen LogP contribution is 2.29. The fraction of sp³-hybridized carbons (Fsp3) is 0.389. The van der Waals surface area contributed by atoms with E-state index in [0.29, 0.717) is 13.1 Å². The van der Waals surface area contributed by atoms with Crippen LogP contribution in [0.25, 0.3) is 11.3 Å². The molecule has 1 atom stereocenters. The van der Waals surface area contributed by atoms with Crippen LogP contribution in [0.5, 0.6) is 5.75 Å². The molecule has 2 heterocycles. The Morgan fingerprint density at radius 3 is 2.58 bits per heavy atom. The average molecular weight is 346 g/mol. The lowest BCUT2D eigenvalue weighted by Gasteiger charge is -2.30. The predicted octanol–water partition coefficient (Wildman–Crippen LogP) is 2.90. The summed E-state index contributed by atoms with van der Waals surface area (Å²) in [7, 11) is -1.50.